The van der Waals surface area contributed by atoms with E-state index in [2.05, 4.69) is 16.7 Å². The van der Waals surface area contributed by atoms with Crippen LogP contribution in [0.25, 0.3) is 0 Å². The predicted molar refractivity (Wildman–Crippen MR) is 86.2 cm³/mol. The lowest BCUT2D eigenvalue weighted by Gasteiger charge is -2.22. The molecule has 0 bridgehead atoms. The molecular weight excluding hydrogens is 279 g/mol. The molecule has 1 aromatic carbocycles. The van der Waals surface area contributed by atoms with Crippen molar-refractivity contribution in [2.75, 3.05) is 32.7 Å². The molecule has 118 valence electrons. The first-order valence-corrected chi connectivity index (χ1v) is 7.85. The van der Waals surface area contributed by atoms with E-state index in [1.807, 2.05) is 18.7 Å². The van der Waals surface area contributed by atoms with Gasteiger partial charge in [-0.05, 0) is 31.0 Å². The molecule has 0 aliphatic carbocycles. The first kappa shape index (κ1) is 16.5. The van der Waals surface area contributed by atoms with Crippen molar-refractivity contribution < 1.29 is 9.18 Å². The highest BCUT2D eigenvalue weighted by molar-refractivity contribution is 5.95. The standard InChI is InChI=1S/C18H23FN2O/c1-3-4-5-9-20-10-6-11-21(13-12-20)18(22)17-14-16(19)8-7-15(17)2/h7-8,14H,3,6,9-13H2,1-2H3. The minimum Gasteiger partial charge on any atom is -0.337 e. The quantitative estimate of drug-likeness (QED) is 0.784. The van der Waals surface area contributed by atoms with Crippen LogP contribution in [0.15, 0.2) is 18.2 Å². The van der Waals surface area contributed by atoms with Gasteiger partial charge in [-0.25, -0.2) is 4.39 Å². The average Bonchev–Trinajstić information content (AvgIpc) is 2.75. The molecule has 0 spiro atoms. The summed E-state index contributed by atoms with van der Waals surface area (Å²) in [6.07, 6.45) is 1.80. The van der Waals surface area contributed by atoms with Gasteiger partial charge in [0.25, 0.3) is 5.91 Å². The van der Waals surface area contributed by atoms with Gasteiger partial charge in [0.1, 0.15) is 5.82 Å². The molecule has 1 aromatic rings. The van der Waals surface area contributed by atoms with Gasteiger partial charge in [-0.2, -0.15) is 0 Å². The van der Waals surface area contributed by atoms with Gasteiger partial charge >= 0.3 is 0 Å². The minimum absolute atomic E-state index is 0.0708. The lowest BCUT2D eigenvalue weighted by atomic mass is 10.1. The molecule has 3 nitrogen and oxygen atoms in total. The van der Waals surface area contributed by atoms with Crippen LogP contribution in [-0.4, -0.2) is 48.4 Å². The van der Waals surface area contributed by atoms with Crippen LogP contribution in [0.2, 0.25) is 0 Å². The Morgan fingerprint density at radius 2 is 2.05 bits per heavy atom. The maximum atomic E-state index is 13.4. The highest BCUT2D eigenvalue weighted by Crippen LogP contribution is 2.14. The van der Waals surface area contributed by atoms with Crippen LogP contribution in [0.5, 0.6) is 0 Å². The Morgan fingerprint density at radius 1 is 1.23 bits per heavy atom. The number of benzene rings is 1. The van der Waals surface area contributed by atoms with Crippen LogP contribution in [-0.2, 0) is 0 Å². The van der Waals surface area contributed by atoms with E-state index < -0.39 is 0 Å². The molecular formula is C18H23FN2O. The number of hydrogen-bond acceptors (Lipinski definition) is 2. The molecule has 4 heteroatoms. The number of amides is 1. The third-order valence-electron chi connectivity index (χ3n) is 3.91. The molecule has 0 N–H and O–H groups in total. The second-order valence-corrected chi connectivity index (χ2v) is 5.59. The van der Waals surface area contributed by atoms with Crippen molar-refractivity contribution in [2.24, 2.45) is 0 Å². The number of carbonyl (C=O) groups excluding carboxylic acids is 1. The third-order valence-corrected chi connectivity index (χ3v) is 3.91. The Kier molecular flexibility index (Phi) is 5.97. The molecule has 1 aliphatic rings. The molecule has 1 heterocycles. The Balaban J connectivity index is 2.01. The van der Waals surface area contributed by atoms with Gasteiger partial charge in [-0.1, -0.05) is 18.9 Å². The van der Waals surface area contributed by atoms with Crippen molar-refractivity contribution >= 4 is 5.91 Å². The van der Waals surface area contributed by atoms with Gasteiger partial charge in [-0.3, -0.25) is 9.69 Å². The molecule has 2 rings (SSSR count). The first-order chi connectivity index (χ1) is 10.6. The monoisotopic (exact) mass is 302 g/mol. The number of carbonyl (C=O) groups is 1. The minimum atomic E-state index is -0.361. The van der Waals surface area contributed by atoms with Crippen LogP contribution < -0.4 is 0 Å². The Morgan fingerprint density at radius 3 is 2.82 bits per heavy atom. The molecule has 1 saturated heterocycles. The number of halogens is 1. The van der Waals surface area contributed by atoms with Gasteiger partial charge in [-0.15, -0.1) is 5.92 Å². The average molecular weight is 302 g/mol. The summed E-state index contributed by atoms with van der Waals surface area (Å²) in [5.74, 6) is 5.79. The van der Waals surface area contributed by atoms with Crippen molar-refractivity contribution in [3.05, 3.63) is 35.1 Å². The molecule has 0 unspecified atom stereocenters. The normalized spacial score (nSPS) is 15.9. The van der Waals surface area contributed by atoms with E-state index in [9.17, 15) is 9.18 Å². The maximum Gasteiger partial charge on any atom is 0.254 e. The zero-order chi connectivity index (χ0) is 15.9. The lowest BCUT2D eigenvalue weighted by Crippen LogP contribution is -2.35. The van der Waals surface area contributed by atoms with Gasteiger partial charge in [0, 0.05) is 38.2 Å². The van der Waals surface area contributed by atoms with Crippen molar-refractivity contribution in [3.63, 3.8) is 0 Å². The summed E-state index contributed by atoms with van der Waals surface area (Å²) in [6, 6.07) is 4.39. The summed E-state index contributed by atoms with van der Waals surface area (Å²) in [5.41, 5.74) is 1.29. The number of nitrogens with zero attached hydrogens (tertiary/aromatic N) is 2. The molecule has 1 amide bonds. The highest BCUT2D eigenvalue weighted by atomic mass is 19.1. The fourth-order valence-electron chi connectivity index (χ4n) is 2.62. The summed E-state index contributed by atoms with van der Waals surface area (Å²) >= 11 is 0. The molecule has 22 heavy (non-hydrogen) atoms. The van der Waals surface area contributed by atoms with E-state index in [0.717, 1.165) is 38.0 Å². The van der Waals surface area contributed by atoms with E-state index in [0.29, 0.717) is 18.7 Å². The summed E-state index contributed by atoms with van der Waals surface area (Å²) in [5, 5.41) is 0. The van der Waals surface area contributed by atoms with Crippen molar-refractivity contribution in [1.29, 1.82) is 0 Å². The Hall–Kier alpha value is -1.86. The number of rotatable bonds is 2. The third kappa shape index (κ3) is 4.32. The lowest BCUT2D eigenvalue weighted by molar-refractivity contribution is 0.0761. The Bertz CT molecular complexity index is 588. The summed E-state index contributed by atoms with van der Waals surface area (Å²) in [7, 11) is 0. The van der Waals surface area contributed by atoms with Gasteiger partial charge in [0.05, 0.1) is 6.54 Å². The smallest absolute Gasteiger partial charge is 0.254 e. The first-order valence-electron chi connectivity index (χ1n) is 7.85. The fraction of sp³-hybridized carbons (Fsp3) is 0.500. The highest BCUT2D eigenvalue weighted by Gasteiger charge is 2.21. The van der Waals surface area contributed by atoms with Crippen LogP contribution in [0.4, 0.5) is 4.39 Å². The van der Waals surface area contributed by atoms with E-state index >= 15 is 0 Å². The van der Waals surface area contributed by atoms with E-state index in [-0.39, 0.29) is 11.7 Å². The summed E-state index contributed by atoms with van der Waals surface area (Å²) < 4.78 is 13.4. The molecule has 1 fully saturated rings. The summed E-state index contributed by atoms with van der Waals surface area (Å²) in [6.45, 7) is 7.79. The summed E-state index contributed by atoms with van der Waals surface area (Å²) in [4.78, 5) is 16.7. The van der Waals surface area contributed by atoms with Crippen molar-refractivity contribution in [2.45, 2.75) is 26.7 Å². The van der Waals surface area contributed by atoms with Crippen molar-refractivity contribution in [3.8, 4) is 11.8 Å². The molecule has 1 aliphatic heterocycles. The van der Waals surface area contributed by atoms with Crippen LogP contribution in [0.3, 0.4) is 0 Å². The zero-order valence-corrected chi connectivity index (χ0v) is 13.4. The number of aryl methyl sites for hydroxylation is 1. The van der Waals surface area contributed by atoms with E-state index in [1.165, 1.54) is 12.1 Å². The van der Waals surface area contributed by atoms with Crippen molar-refractivity contribution in [1.82, 2.24) is 9.80 Å². The largest absolute Gasteiger partial charge is 0.337 e. The number of hydrogen-bond donors (Lipinski definition) is 0. The predicted octanol–water partition coefficient (Wildman–Crippen LogP) is 2.70. The maximum absolute atomic E-state index is 13.4. The zero-order valence-electron chi connectivity index (χ0n) is 13.4. The van der Waals surface area contributed by atoms with Crippen LogP contribution in [0.1, 0.15) is 35.7 Å². The van der Waals surface area contributed by atoms with Gasteiger partial charge in [0.2, 0.25) is 0 Å². The fourth-order valence-corrected chi connectivity index (χ4v) is 2.62. The van der Waals surface area contributed by atoms with Crippen LogP contribution >= 0.6 is 0 Å². The van der Waals surface area contributed by atoms with Gasteiger partial charge in [0.15, 0.2) is 0 Å². The molecule has 0 aromatic heterocycles. The molecule has 0 saturated carbocycles. The molecule has 0 atom stereocenters. The Labute approximate surface area is 132 Å². The molecule has 0 radical (unpaired) electrons. The second kappa shape index (κ2) is 7.95. The van der Waals surface area contributed by atoms with E-state index in [4.69, 9.17) is 0 Å². The second-order valence-electron chi connectivity index (χ2n) is 5.59. The van der Waals surface area contributed by atoms with Crippen LogP contribution in [0, 0.1) is 24.6 Å². The van der Waals surface area contributed by atoms with Gasteiger partial charge < -0.3 is 4.90 Å². The van der Waals surface area contributed by atoms with E-state index in [1.54, 1.807) is 6.07 Å². The topological polar surface area (TPSA) is 23.6 Å². The SMILES string of the molecule is CCC#CCN1CCCN(C(=O)c2cc(F)ccc2C)CC1.